The molecular formula is C19H21ClN2O3. The standard InChI is InChI=1S/C19H21ClN2O3/c1-11(2)21-17(23)15-14-7-8-19(25-14)10-22(18(24)16(15)19)9-12-5-3-4-6-13(12)20/h3-8,11,14-16H,9-10H2,1-2H3,(H,21,23). The summed E-state index contributed by atoms with van der Waals surface area (Å²) >= 11 is 6.24. The van der Waals surface area contributed by atoms with Gasteiger partial charge in [0.25, 0.3) is 0 Å². The summed E-state index contributed by atoms with van der Waals surface area (Å²) in [5.74, 6) is -1.06. The first kappa shape index (κ1) is 16.6. The highest BCUT2D eigenvalue weighted by Gasteiger charge is 2.66. The first-order valence-electron chi connectivity index (χ1n) is 8.61. The maximum atomic E-state index is 13.1. The average Bonchev–Trinajstić information content (AvgIpc) is 3.18. The molecule has 3 heterocycles. The van der Waals surface area contributed by atoms with Gasteiger partial charge in [-0.15, -0.1) is 0 Å². The summed E-state index contributed by atoms with van der Waals surface area (Å²) in [4.78, 5) is 27.5. The van der Waals surface area contributed by atoms with Gasteiger partial charge in [-0.2, -0.15) is 0 Å². The lowest BCUT2D eigenvalue weighted by molar-refractivity contribution is -0.138. The fraction of sp³-hybridized carbons (Fsp3) is 0.474. The normalized spacial score (nSPS) is 32.6. The van der Waals surface area contributed by atoms with Crippen LogP contribution in [0.1, 0.15) is 19.4 Å². The van der Waals surface area contributed by atoms with Crippen LogP contribution in [0.4, 0.5) is 0 Å². The molecule has 1 aromatic carbocycles. The number of benzene rings is 1. The number of rotatable bonds is 4. The zero-order chi connectivity index (χ0) is 17.8. The van der Waals surface area contributed by atoms with Gasteiger partial charge in [0.1, 0.15) is 5.60 Å². The maximum absolute atomic E-state index is 13.1. The highest BCUT2D eigenvalue weighted by atomic mass is 35.5. The number of hydrogen-bond donors (Lipinski definition) is 1. The number of ether oxygens (including phenoxy) is 1. The molecule has 6 heteroatoms. The van der Waals surface area contributed by atoms with Crippen LogP contribution in [0.2, 0.25) is 5.02 Å². The first-order chi connectivity index (χ1) is 11.9. The minimum Gasteiger partial charge on any atom is -0.360 e. The zero-order valence-corrected chi connectivity index (χ0v) is 15.0. The van der Waals surface area contributed by atoms with Gasteiger partial charge in [-0.25, -0.2) is 0 Å². The average molecular weight is 361 g/mol. The Morgan fingerprint density at radius 3 is 2.92 bits per heavy atom. The van der Waals surface area contributed by atoms with Crippen LogP contribution < -0.4 is 5.32 Å². The molecule has 0 saturated carbocycles. The summed E-state index contributed by atoms with van der Waals surface area (Å²) in [6.45, 7) is 4.72. The molecule has 1 N–H and O–H groups in total. The van der Waals surface area contributed by atoms with Gasteiger partial charge in [0.15, 0.2) is 0 Å². The summed E-state index contributed by atoms with van der Waals surface area (Å²) in [6, 6.07) is 7.53. The van der Waals surface area contributed by atoms with E-state index in [2.05, 4.69) is 5.32 Å². The van der Waals surface area contributed by atoms with Crippen LogP contribution >= 0.6 is 11.6 Å². The number of nitrogens with zero attached hydrogens (tertiary/aromatic N) is 1. The van der Waals surface area contributed by atoms with Gasteiger partial charge in [-0.05, 0) is 25.5 Å². The molecule has 4 rings (SSSR count). The van der Waals surface area contributed by atoms with Crippen molar-refractivity contribution in [3.63, 3.8) is 0 Å². The topological polar surface area (TPSA) is 58.6 Å². The van der Waals surface area contributed by atoms with Crippen molar-refractivity contribution >= 4 is 23.4 Å². The van der Waals surface area contributed by atoms with E-state index in [-0.39, 0.29) is 24.0 Å². The molecule has 3 aliphatic heterocycles. The molecule has 0 radical (unpaired) electrons. The van der Waals surface area contributed by atoms with Crippen molar-refractivity contribution < 1.29 is 14.3 Å². The Bertz CT molecular complexity index is 763. The molecule has 2 bridgehead atoms. The number of halogens is 1. The molecule has 4 unspecified atom stereocenters. The molecule has 0 aromatic heterocycles. The Morgan fingerprint density at radius 2 is 2.20 bits per heavy atom. The van der Waals surface area contributed by atoms with Gasteiger partial charge < -0.3 is 15.0 Å². The van der Waals surface area contributed by atoms with Gasteiger partial charge >= 0.3 is 0 Å². The van der Waals surface area contributed by atoms with Gasteiger partial charge in [0.2, 0.25) is 11.8 Å². The van der Waals surface area contributed by atoms with Crippen LogP contribution in [0, 0.1) is 11.8 Å². The Hall–Kier alpha value is -1.85. The lowest BCUT2D eigenvalue weighted by Crippen LogP contribution is -2.45. The van der Waals surface area contributed by atoms with Crippen LogP contribution in [0.5, 0.6) is 0 Å². The van der Waals surface area contributed by atoms with E-state index in [1.165, 1.54) is 0 Å². The number of amides is 2. The quantitative estimate of drug-likeness (QED) is 0.837. The summed E-state index contributed by atoms with van der Waals surface area (Å²) in [5, 5.41) is 3.57. The molecule has 2 saturated heterocycles. The van der Waals surface area contributed by atoms with E-state index in [1.54, 1.807) is 4.90 Å². The second kappa shape index (κ2) is 5.85. The number of fused-ring (bicyclic) bond motifs is 1. The highest BCUT2D eigenvalue weighted by Crippen LogP contribution is 2.52. The van der Waals surface area contributed by atoms with Gasteiger partial charge in [0, 0.05) is 17.6 Å². The molecule has 1 aromatic rings. The molecule has 3 aliphatic rings. The third-order valence-electron chi connectivity index (χ3n) is 5.23. The molecule has 5 nitrogen and oxygen atoms in total. The second-order valence-electron chi connectivity index (χ2n) is 7.35. The van der Waals surface area contributed by atoms with Crippen LogP contribution in [0.3, 0.4) is 0 Å². The van der Waals surface area contributed by atoms with Gasteiger partial charge in [0.05, 0.1) is 24.5 Å². The van der Waals surface area contributed by atoms with Crippen molar-refractivity contribution in [2.24, 2.45) is 11.8 Å². The highest BCUT2D eigenvalue weighted by molar-refractivity contribution is 6.31. The molecule has 25 heavy (non-hydrogen) atoms. The van der Waals surface area contributed by atoms with E-state index in [1.807, 2.05) is 50.3 Å². The molecule has 2 fully saturated rings. The summed E-state index contributed by atoms with van der Waals surface area (Å²) in [7, 11) is 0. The Labute approximate surface area is 152 Å². The van der Waals surface area contributed by atoms with E-state index in [4.69, 9.17) is 16.3 Å². The summed E-state index contributed by atoms with van der Waals surface area (Å²) in [5.41, 5.74) is 0.220. The second-order valence-corrected chi connectivity index (χ2v) is 7.76. The summed E-state index contributed by atoms with van der Waals surface area (Å²) < 4.78 is 6.10. The van der Waals surface area contributed by atoms with Crippen molar-refractivity contribution in [2.75, 3.05) is 6.54 Å². The van der Waals surface area contributed by atoms with Gasteiger partial charge in [-0.3, -0.25) is 9.59 Å². The maximum Gasteiger partial charge on any atom is 0.230 e. The van der Waals surface area contributed by atoms with Crippen LogP contribution in [0.25, 0.3) is 0 Å². The Morgan fingerprint density at radius 1 is 1.44 bits per heavy atom. The van der Waals surface area contributed by atoms with Crippen LogP contribution in [-0.2, 0) is 20.9 Å². The number of carbonyl (C=O) groups excluding carboxylic acids is 2. The van der Waals surface area contributed by atoms with E-state index in [0.29, 0.717) is 18.1 Å². The number of likely N-dealkylation sites (tertiary alicyclic amines) is 1. The first-order valence-corrected chi connectivity index (χ1v) is 8.99. The third kappa shape index (κ3) is 2.57. The Kier molecular flexibility index (Phi) is 3.89. The fourth-order valence-corrected chi connectivity index (χ4v) is 4.42. The minimum atomic E-state index is -0.679. The lowest BCUT2D eigenvalue weighted by atomic mass is 9.76. The number of hydrogen-bond acceptors (Lipinski definition) is 3. The largest absolute Gasteiger partial charge is 0.360 e. The minimum absolute atomic E-state index is 0.0299. The molecule has 4 atom stereocenters. The summed E-state index contributed by atoms with van der Waals surface area (Å²) in [6.07, 6.45) is 3.58. The van der Waals surface area contributed by atoms with E-state index < -0.39 is 17.4 Å². The van der Waals surface area contributed by atoms with Crippen molar-refractivity contribution in [3.05, 3.63) is 47.0 Å². The number of carbonyl (C=O) groups is 2. The molecular weight excluding hydrogens is 340 g/mol. The van der Waals surface area contributed by atoms with Gasteiger partial charge in [-0.1, -0.05) is 42.0 Å². The Balaban J connectivity index is 1.59. The predicted molar refractivity (Wildman–Crippen MR) is 93.9 cm³/mol. The van der Waals surface area contributed by atoms with Crippen LogP contribution in [-0.4, -0.2) is 41.0 Å². The molecule has 1 spiro atoms. The van der Waals surface area contributed by atoms with Crippen LogP contribution in [0.15, 0.2) is 36.4 Å². The lowest BCUT2D eigenvalue weighted by Gasteiger charge is -2.24. The van der Waals surface area contributed by atoms with Crippen molar-refractivity contribution in [1.29, 1.82) is 0 Å². The molecule has 2 amide bonds. The van der Waals surface area contributed by atoms with Crippen molar-refractivity contribution in [3.8, 4) is 0 Å². The monoisotopic (exact) mass is 360 g/mol. The smallest absolute Gasteiger partial charge is 0.230 e. The zero-order valence-electron chi connectivity index (χ0n) is 14.2. The number of nitrogens with one attached hydrogen (secondary N) is 1. The fourth-order valence-electron chi connectivity index (χ4n) is 4.22. The molecule has 0 aliphatic carbocycles. The SMILES string of the molecule is CC(C)NC(=O)C1C2C=CC3(CN(Cc4ccccc4Cl)C(=O)C13)O2. The van der Waals surface area contributed by atoms with Crippen molar-refractivity contribution in [1.82, 2.24) is 10.2 Å². The third-order valence-corrected chi connectivity index (χ3v) is 5.60. The van der Waals surface area contributed by atoms with E-state index in [0.717, 1.165) is 5.56 Å². The van der Waals surface area contributed by atoms with Crippen molar-refractivity contribution in [2.45, 2.75) is 38.1 Å². The molecule has 132 valence electrons. The van der Waals surface area contributed by atoms with E-state index >= 15 is 0 Å². The predicted octanol–water partition coefficient (Wildman–Crippen LogP) is 2.15. The van der Waals surface area contributed by atoms with E-state index in [9.17, 15) is 9.59 Å².